The summed E-state index contributed by atoms with van der Waals surface area (Å²) in [5, 5.41) is -0.455. The third-order valence-electron chi connectivity index (χ3n) is 3.93. The monoisotopic (exact) mass is 318 g/mol. The number of nitrogens with zero attached hydrogens (tertiary/aromatic N) is 2. The van der Waals surface area contributed by atoms with E-state index in [1.807, 2.05) is 0 Å². The fraction of sp³-hybridized carbons (Fsp3) is 0.692. The highest BCUT2D eigenvalue weighted by Crippen LogP contribution is 2.33. The van der Waals surface area contributed by atoms with Gasteiger partial charge in [0.25, 0.3) is 0 Å². The van der Waals surface area contributed by atoms with Crippen LogP contribution in [0.1, 0.15) is 45.1 Å². The summed E-state index contributed by atoms with van der Waals surface area (Å²) >= 11 is 5.68. The molecular weight excluding hydrogens is 300 g/mol. The Labute approximate surface area is 124 Å². The van der Waals surface area contributed by atoms with E-state index in [1.54, 1.807) is 6.92 Å². The Morgan fingerprint density at radius 3 is 2.70 bits per heavy atom. The lowest BCUT2D eigenvalue weighted by Crippen LogP contribution is -2.17. The fourth-order valence-electron chi connectivity index (χ4n) is 2.69. The molecule has 1 aliphatic rings. The Kier molecular flexibility index (Phi) is 4.86. The minimum absolute atomic E-state index is 0.00781. The predicted molar refractivity (Wildman–Crippen MR) is 76.4 cm³/mol. The number of rotatable bonds is 6. The van der Waals surface area contributed by atoms with Gasteiger partial charge in [0.05, 0.1) is 12.1 Å². The molecule has 1 atom stereocenters. The van der Waals surface area contributed by atoms with E-state index in [1.165, 1.54) is 29.9 Å². The molecular formula is C13H19ClN2O3S. The van der Waals surface area contributed by atoms with Gasteiger partial charge in [-0.25, -0.2) is 13.4 Å². The van der Waals surface area contributed by atoms with Gasteiger partial charge in [0.15, 0.2) is 14.9 Å². The van der Waals surface area contributed by atoms with Gasteiger partial charge in [-0.2, -0.15) is 0 Å². The van der Waals surface area contributed by atoms with E-state index < -0.39 is 21.1 Å². The van der Waals surface area contributed by atoms with Crippen LogP contribution in [0.2, 0.25) is 0 Å². The number of carbonyl (C=O) groups is 1. The minimum Gasteiger partial charge on any atom is -0.324 e. The van der Waals surface area contributed by atoms with Gasteiger partial charge >= 0.3 is 0 Å². The molecule has 5 nitrogen and oxygen atoms in total. The van der Waals surface area contributed by atoms with E-state index in [4.69, 9.17) is 11.6 Å². The van der Waals surface area contributed by atoms with Crippen LogP contribution in [-0.4, -0.2) is 29.0 Å². The largest absolute Gasteiger partial charge is 0.324 e. The molecule has 0 spiro atoms. The van der Waals surface area contributed by atoms with E-state index >= 15 is 0 Å². The Balaban J connectivity index is 2.19. The number of sulfone groups is 1. The molecule has 0 radical (unpaired) electrons. The lowest BCUT2D eigenvalue weighted by atomic mass is 9.99. The molecule has 1 aliphatic carbocycles. The summed E-state index contributed by atoms with van der Waals surface area (Å²) in [5.41, 5.74) is 0. The number of hydrogen-bond acceptors (Lipinski definition) is 4. The van der Waals surface area contributed by atoms with Crippen molar-refractivity contribution in [2.75, 3.05) is 5.75 Å². The predicted octanol–water partition coefficient (Wildman–Crippen LogP) is 2.56. The highest BCUT2D eigenvalue weighted by molar-refractivity contribution is 7.91. The van der Waals surface area contributed by atoms with Gasteiger partial charge in [0.2, 0.25) is 5.24 Å². The zero-order valence-electron chi connectivity index (χ0n) is 11.5. The first-order valence-corrected chi connectivity index (χ1v) is 8.92. The maximum Gasteiger partial charge on any atom is 0.244 e. The van der Waals surface area contributed by atoms with Crippen LogP contribution in [-0.2, 0) is 14.6 Å². The molecule has 0 aliphatic heterocycles. The van der Waals surface area contributed by atoms with Gasteiger partial charge in [-0.05, 0) is 23.9 Å². The van der Waals surface area contributed by atoms with Crippen LogP contribution in [0.3, 0.4) is 0 Å². The SMILES string of the molecule is CCS(=O)(=O)c1cn(C(CC2CCCC2)C(=O)Cl)cn1. The lowest BCUT2D eigenvalue weighted by Gasteiger charge is -2.18. The molecule has 1 aromatic heterocycles. The molecule has 1 heterocycles. The summed E-state index contributed by atoms with van der Waals surface area (Å²) in [4.78, 5) is 15.5. The molecule has 0 bridgehead atoms. The van der Waals surface area contributed by atoms with Gasteiger partial charge < -0.3 is 4.57 Å². The molecule has 1 fully saturated rings. The summed E-state index contributed by atoms with van der Waals surface area (Å²) < 4.78 is 25.1. The quantitative estimate of drug-likeness (QED) is 0.756. The molecule has 0 amide bonds. The first kappa shape index (κ1) is 15.5. The smallest absolute Gasteiger partial charge is 0.244 e. The van der Waals surface area contributed by atoms with Crippen molar-refractivity contribution in [3.63, 3.8) is 0 Å². The van der Waals surface area contributed by atoms with Crippen LogP contribution in [0.5, 0.6) is 0 Å². The Bertz CT molecular complexity index is 576. The molecule has 1 aromatic rings. The van der Waals surface area contributed by atoms with Crippen LogP contribution in [0, 0.1) is 5.92 Å². The van der Waals surface area contributed by atoms with Crippen molar-refractivity contribution in [3.8, 4) is 0 Å². The van der Waals surface area contributed by atoms with E-state index in [9.17, 15) is 13.2 Å². The number of imidazole rings is 1. The second-order valence-electron chi connectivity index (χ2n) is 5.27. The molecule has 1 saturated carbocycles. The molecule has 7 heteroatoms. The van der Waals surface area contributed by atoms with Gasteiger partial charge in [-0.3, -0.25) is 4.79 Å². The summed E-state index contributed by atoms with van der Waals surface area (Å²) in [5.74, 6) is 0.475. The van der Waals surface area contributed by atoms with Crippen molar-refractivity contribution in [2.24, 2.45) is 5.92 Å². The van der Waals surface area contributed by atoms with Crippen molar-refractivity contribution in [1.29, 1.82) is 0 Å². The maximum atomic E-state index is 11.8. The van der Waals surface area contributed by atoms with Gasteiger partial charge in [0, 0.05) is 6.20 Å². The Morgan fingerprint density at radius 2 is 2.15 bits per heavy atom. The lowest BCUT2D eigenvalue weighted by molar-refractivity contribution is -0.115. The molecule has 0 saturated heterocycles. The maximum absolute atomic E-state index is 11.8. The van der Waals surface area contributed by atoms with Gasteiger partial charge in [0.1, 0.15) is 6.04 Å². The van der Waals surface area contributed by atoms with Crippen LogP contribution in [0.25, 0.3) is 0 Å². The molecule has 2 rings (SSSR count). The molecule has 20 heavy (non-hydrogen) atoms. The number of aromatic nitrogens is 2. The summed E-state index contributed by atoms with van der Waals surface area (Å²) in [6.07, 6.45) is 8.05. The zero-order chi connectivity index (χ0) is 14.8. The molecule has 112 valence electrons. The van der Waals surface area contributed by atoms with Crippen molar-refractivity contribution >= 4 is 26.7 Å². The van der Waals surface area contributed by atoms with Crippen molar-refractivity contribution in [3.05, 3.63) is 12.5 Å². The number of carbonyl (C=O) groups excluding carboxylic acids is 1. The van der Waals surface area contributed by atoms with Gasteiger partial charge in [-0.1, -0.05) is 32.6 Å². The zero-order valence-corrected chi connectivity index (χ0v) is 13.0. The first-order valence-electron chi connectivity index (χ1n) is 6.89. The summed E-state index contributed by atoms with van der Waals surface area (Å²) in [6.45, 7) is 1.57. The fourth-order valence-corrected chi connectivity index (χ4v) is 3.68. The van der Waals surface area contributed by atoms with Crippen LogP contribution < -0.4 is 0 Å². The van der Waals surface area contributed by atoms with Crippen molar-refractivity contribution < 1.29 is 13.2 Å². The third kappa shape index (κ3) is 3.41. The highest BCUT2D eigenvalue weighted by atomic mass is 35.5. The van der Waals surface area contributed by atoms with Crippen molar-refractivity contribution in [2.45, 2.75) is 50.1 Å². The molecule has 1 unspecified atom stereocenters. The molecule has 0 N–H and O–H groups in total. The Hall–Kier alpha value is -0.880. The second-order valence-corrected chi connectivity index (χ2v) is 7.87. The standard InChI is InChI=1S/C13H19ClN2O3S/c1-2-20(18,19)12-8-16(9-15-12)11(13(14)17)7-10-5-3-4-6-10/h8-11H,2-7H2,1H3. The topological polar surface area (TPSA) is 69.0 Å². The van der Waals surface area contributed by atoms with Crippen molar-refractivity contribution in [1.82, 2.24) is 9.55 Å². The number of hydrogen-bond donors (Lipinski definition) is 0. The van der Waals surface area contributed by atoms with E-state index in [-0.39, 0.29) is 10.8 Å². The third-order valence-corrected chi connectivity index (χ3v) is 5.79. The Morgan fingerprint density at radius 1 is 1.50 bits per heavy atom. The van der Waals surface area contributed by atoms with E-state index in [2.05, 4.69) is 4.98 Å². The highest BCUT2D eigenvalue weighted by Gasteiger charge is 2.26. The average molecular weight is 319 g/mol. The first-order chi connectivity index (χ1) is 9.44. The normalized spacial score (nSPS) is 18.3. The average Bonchev–Trinajstić information content (AvgIpc) is 3.07. The number of halogens is 1. The summed E-state index contributed by atoms with van der Waals surface area (Å²) in [7, 11) is -3.35. The van der Waals surface area contributed by atoms with Crippen LogP contribution in [0.4, 0.5) is 0 Å². The van der Waals surface area contributed by atoms with Crippen LogP contribution in [0.15, 0.2) is 17.6 Å². The van der Waals surface area contributed by atoms with E-state index in [0.717, 1.165) is 12.8 Å². The van der Waals surface area contributed by atoms with Crippen LogP contribution >= 0.6 is 11.6 Å². The second kappa shape index (κ2) is 6.26. The van der Waals surface area contributed by atoms with Gasteiger partial charge in [-0.15, -0.1) is 0 Å². The molecule has 0 aromatic carbocycles. The van der Waals surface area contributed by atoms with E-state index in [0.29, 0.717) is 12.3 Å². The summed E-state index contributed by atoms with van der Waals surface area (Å²) in [6, 6.07) is -0.520. The minimum atomic E-state index is -3.35.